The molecule has 1 unspecified atom stereocenters. The monoisotopic (exact) mass is 488 g/mol. The van der Waals surface area contributed by atoms with Crippen molar-refractivity contribution in [1.82, 2.24) is 0 Å². The van der Waals surface area contributed by atoms with Crippen LogP contribution in [0, 0.1) is 39.4 Å². The molecule has 0 radical (unpaired) electrons. The first kappa shape index (κ1) is 26.2. The molecule has 8 atom stereocenters. The Morgan fingerprint density at radius 3 is 2.34 bits per heavy atom. The van der Waals surface area contributed by atoms with Gasteiger partial charge in [-0.25, -0.2) is 0 Å². The highest BCUT2D eigenvalue weighted by atomic mass is 16.5. The number of allylic oxidation sites excluding steroid dienone is 2. The lowest BCUT2D eigenvalue weighted by Gasteiger charge is -2.60. The molecule has 0 bridgehead atoms. The van der Waals surface area contributed by atoms with E-state index < -0.39 is 27.8 Å². The third-order valence-corrected chi connectivity index (χ3v) is 11.0. The Hall–Kier alpha value is -1.86. The van der Waals surface area contributed by atoms with Gasteiger partial charge in [0, 0.05) is 47.7 Å². The van der Waals surface area contributed by atoms with Crippen LogP contribution < -0.4 is 0 Å². The van der Waals surface area contributed by atoms with Gasteiger partial charge in [0.25, 0.3) is 0 Å². The van der Waals surface area contributed by atoms with Gasteiger partial charge in [0.2, 0.25) is 0 Å². The van der Waals surface area contributed by atoms with E-state index in [0.29, 0.717) is 30.4 Å². The van der Waals surface area contributed by atoms with Crippen molar-refractivity contribution in [2.24, 2.45) is 39.4 Å². The molecular weight excluding hydrogens is 448 g/mol. The minimum absolute atomic E-state index is 0.00404. The molecule has 7 nitrogen and oxygen atoms in total. The molecule has 0 aromatic rings. The molecule has 2 fully saturated rings. The number of hydrogen-bond donors (Lipinski definition) is 2. The number of rotatable bonds is 5. The van der Waals surface area contributed by atoms with Crippen LogP contribution in [-0.2, 0) is 23.9 Å². The molecule has 0 spiro atoms. The number of methoxy groups -OCH3 is 1. The average molecular weight is 489 g/mol. The molecule has 4 aliphatic carbocycles. The SMILES string of the molecule is COC(=O)CCC(C)[C@H]1CC(=O)[C@@]2(C)C3=C(C(=O)C[C@]12C)[C@@]1(C)CC[C@H](O)[C@@](C)(CO)[C@@H]1CC3=O. The number of carbonyl (C=O) groups is 4. The zero-order valence-corrected chi connectivity index (χ0v) is 21.9. The quantitative estimate of drug-likeness (QED) is 0.571. The molecule has 0 aromatic carbocycles. The Balaban J connectivity index is 1.82. The number of esters is 1. The number of ether oxygens (including phenoxy) is 1. The summed E-state index contributed by atoms with van der Waals surface area (Å²) in [5.74, 6) is -1.09. The summed E-state index contributed by atoms with van der Waals surface area (Å²) in [5.41, 5.74) is -2.51. The van der Waals surface area contributed by atoms with Gasteiger partial charge in [-0.3, -0.25) is 19.2 Å². The third kappa shape index (κ3) is 3.29. The number of hydrogen-bond acceptors (Lipinski definition) is 7. The van der Waals surface area contributed by atoms with E-state index in [4.69, 9.17) is 4.74 Å². The van der Waals surface area contributed by atoms with Crippen molar-refractivity contribution >= 4 is 23.3 Å². The number of Topliss-reactive ketones (excluding diaryl/α,β-unsaturated/α-hetero) is 3. The number of aliphatic hydroxyl groups is 2. The summed E-state index contributed by atoms with van der Waals surface area (Å²) in [5, 5.41) is 21.0. The maximum absolute atomic E-state index is 14.0. The van der Waals surface area contributed by atoms with Crippen molar-refractivity contribution in [2.75, 3.05) is 13.7 Å². The second kappa shape index (κ2) is 8.34. The van der Waals surface area contributed by atoms with Crippen LogP contribution in [0.25, 0.3) is 0 Å². The van der Waals surface area contributed by atoms with Crippen LogP contribution in [0.4, 0.5) is 0 Å². The van der Waals surface area contributed by atoms with E-state index in [2.05, 4.69) is 0 Å². The summed E-state index contributed by atoms with van der Waals surface area (Å²) in [6, 6.07) is 0. The van der Waals surface area contributed by atoms with E-state index in [1.54, 1.807) is 6.92 Å². The fourth-order valence-corrected chi connectivity index (χ4v) is 8.52. The van der Waals surface area contributed by atoms with Gasteiger partial charge in [-0.1, -0.05) is 27.7 Å². The maximum atomic E-state index is 14.0. The molecule has 0 amide bonds. The average Bonchev–Trinajstić information content (AvgIpc) is 3.02. The van der Waals surface area contributed by atoms with Gasteiger partial charge in [0.05, 0.1) is 25.2 Å². The van der Waals surface area contributed by atoms with E-state index in [0.717, 1.165) is 0 Å². The zero-order valence-electron chi connectivity index (χ0n) is 21.9. The van der Waals surface area contributed by atoms with Gasteiger partial charge in [0.15, 0.2) is 11.6 Å². The predicted octanol–water partition coefficient (Wildman–Crippen LogP) is 3.20. The molecule has 0 saturated heterocycles. The third-order valence-electron chi connectivity index (χ3n) is 11.0. The maximum Gasteiger partial charge on any atom is 0.305 e. The van der Waals surface area contributed by atoms with Crippen LogP contribution in [-0.4, -0.2) is 53.4 Å². The van der Waals surface area contributed by atoms with Crippen molar-refractivity contribution < 1.29 is 34.1 Å². The fourth-order valence-electron chi connectivity index (χ4n) is 8.52. The number of carbonyl (C=O) groups excluding carboxylic acids is 4. The van der Waals surface area contributed by atoms with Gasteiger partial charge in [-0.15, -0.1) is 0 Å². The number of ketones is 3. The number of fused-ring (bicyclic) bond motifs is 4. The molecule has 2 N–H and O–H groups in total. The normalized spacial score (nSPS) is 44.0. The van der Waals surface area contributed by atoms with Crippen molar-refractivity contribution in [3.63, 3.8) is 0 Å². The molecule has 7 heteroatoms. The molecule has 4 aliphatic rings. The van der Waals surface area contributed by atoms with E-state index in [-0.39, 0.29) is 73.4 Å². The van der Waals surface area contributed by atoms with Gasteiger partial charge in [0.1, 0.15) is 5.78 Å². The molecule has 0 aliphatic heterocycles. The molecule has 2 saturated carbocycles. The van der Waals surface area contributed by atoms with Crippen LogP contribution in [0.1, 0.15) is 79.6 Å². The second-order valence-corrected chi connectivity index (χ2v) is 12.5. The summed E-state index contributed by atoms with van der Waals surface area (Å²) in [6.45, 7) is 9.36. The highest BCUT2D eigenvalue weighted by molar-refractivity contribution is 6.16. The summed E-state index contributed by atoms with van der Waals surface area (Å²) < 4.78 is 4.79. The van der Waals surface area contributed by atoms with Crippen molar-refractivity contribution in [3.05, 3.63) is 11.1 Å². The Morgan fingerprint density at radius 1 is 1.09 bits per heavy atom. The highest BCUT2D eigenvalue weighted by Crippen LogP contribution is 2.70. The van der Waals surface area contributed by atoms with E-state index >= 15 is 0 Å². The second-order valence-electron chi connectivity index (χ2n) is 12.5. The lowest BCUT2D eigenvalue weighted by atomic mass is 9.42. The Bertz CT molecular complexity index is 1010. The van der Waals surface area contributed by atoms with Gasteiger partial charge < -0.3 is 14.9 Å². The Labute approximate surface area is 207 Å². The van der Waals surface area contributed by atoms with Crippen LogP contribution in [0.3, 0.4) is 0 Å². The molecule has 35 heavy (non-hydrogen) atoms. The van der Waals surface area contributed by atoms with E-state index in [9.17, 15) is 29.4 Å². The topological polar surface area (TPSA) is 118 Å². The van der Waals surface area contributed by atoms with Crippen molar-refractivity contribution in [1.29, 1.82) is 0 Å². The zero-order chi connectivity index (χ0) is 26.1. The van der Waals surface area contributed by atoms with Crippen LogP contribution >= 0.6 is 0 Å². The van der Waals surface area contributed by atoms with Gasteiger partial charge >= 0.3 is 5.97 Å². The van der Waals surface area contributed by atoms with Crippen LogP contribution in [0.5, 0.6) is 0 Å². The lowest BCUT2D eigenvalue weighted by molar-refractivity contribution is -0.152. The van der Waals surface area contributed by atoms with Crippen molar-refractivity contribution in [2.45, 2.75) is 85.7 Å². The van der Waals surface area contributed by atoms with Crippen LogP contribution in [0.2, 0.25) is 0 Å². The first-order valence-corrected chi connectivity index (χ1v) is 12.9. The molecular formula is C28H40O7. The smallest absolute Gasteiger partial charge is 0.305 e. The standard InChI is InChI=1S/C28H40O7/c1-15(7-8-22(34)35-6)16-11-21(33)28(5)24-17(30)12-19-25(2,10-9-20(32)26(19,3)14-29)23(24)18(31)13-27(16,28)4/h15-16,19-20,29,32H,7-14H2,1-6H3/t15?,16-,19-,20+,25+,26+,27-,28+/m1/s1. The van der Waals surface area contributed by atoms with E-state index in [1.807, 2.05) is 27.7 Å². The van der Waals surface area contributed by atoms with Crippen LogP contribution in [0.15, 0.2) is 11.1 Å². The summed E-state index contributed by atoms with van der Waals surface area (Å²) in [4.78, 5) is 53.4. The summed E-state index contributed by atoms with van der Waals surface area (Å²) >= 11 is 0. The van der Waals surface area contributed by atoms with Gasteiger partial charge in [-0.2, -0.15) is 0 Å². The number of aliphatic hydroxyl groups excluding tert-OH is 2. The minimum Gasteiger partial charge on any atom is -0.469 e. The summed E-state index contributed by atoms with van der Waals surface area (Å²) in [6.07, 6.45) is 1.57. The first-order valence-electron chi connectivity index (χ1n) is 12.9. The first-order chi connectivity index (χ1) is 16.2. The Kier molecular flexibility index (Phi) is 6.24. The minimum atomic E-state index is -1.07. The molecule has 4 rings (SSSR count). The van der Waals surface area contributed by atoms with E-state index in [1.165, 1.54) is 7.11 Å². The highest BCUT2D eigenvalue weighted by Gasteiger charge is 2.70. The lowest BCUT2D eigenvalue weighted by Crippen LogP contribution is -2.61. The molecule has 0 aromatic heterocycles. The fraction of sp³-hybridized carbons (Fsp3) is 0.786. The Morgan fingerprint density at radius 2 is 1.74 bits per heavy atom. The largest absolute Gasteiger partial charge is 0.469 e. The molecule has 194 valence electrons. The van der Waals surface area contributed by atoms with Crippen molar-refractivity contribution in [3.8, 4) is 0 Å². The van der Waals surface area contributed by atoms with Gasteiger partial charge in [-0.05, 0) is 49.4 Å². The predicted molar refractivity (Wildman–Crippen MR) is 128 cm³/mol. The molecule has 0 heterocycles. The summed E-state index contributed by atoms with van der Waals surface area (Å²) in [7, 11) is 1.35.